The van der Waals surface area contributed by atoms with Gasteiger partial charge in [-0.25, -0.2) is 0 Å². The van der Waals surface area contributed by atoms with Gasteiger partial charge in [-0.15, -0.1) is 0 Å². The number of ether oxygens (including phenoxy) is 2. The zero-order chi connectivity index (χ0) is 19.5. The number of hydrogen-bond donors (Lipinski definition) is 3. The Kier molecular flexibility index (Phi) is 3.40. The van der Waals surface area contributed by atoms with Crippen LogP contribution in [-0.4, -0.2) is 52.0 Å². The van der Waals surface area contributed by atoms with Gasteiger partial charge in [0.05, 0.1) is 12.0 Å². The molecular formula is C21H28O6. The van der Waals surface area contributed by atoms with Crippen LogP contribution in [0.1, 0.15) is 34.1 Å². The summed E-state index contributed by atoms with van der Waals surface area (Å²) in [5.41, 5.74) is -1.29. The molecule has 2 bridgehead atoms. The maximum Gasteiger partial charge on any atom is 0.270 e. The molecule has 1 heterocycles. The lowest BCUT2D eigenvalue weighted by Crippen LogP contribution is -2.64. The summed E-state index contributed by atoms with van der Waals surface area (Å²) in [7, 11) is 0. The summed E-state index contributed by atoms with van der Waals surface area (Å²) in [6.45, 7) is 6.43. The molecule has 1 aliphatic heterocycles. The topological polar surface area (TPSA) is 96.2 Å². The van der Waals surface area contributed by atoms with Gasteiger partial charge in [-0.05, 0) is 47.7 Å². The molecule has 4 aliphatic carbocycles. The van der Waals surface area contributed by atoms with Gasteiger partial charge in [0.2, 0.25) is 0 Å². The highest BCUT2D eigenvalue weighted by Crippen LogP contribution is 2.72. The monoisotopic (exact) mass is 376 g/mol. The average Bonchev–Trinajstić information content (AvgIpc) is 2.89. The second kappa shape index (κ2) is 5.10. The first-order valence-corrected chi connectivity index (χ1v) is 9.87. The normalized spacial score (nSPS) is 54.9. The number of rotatable bonds is 1. The molecule has 0 aromatic heterocycles. The molecule has 27 heavy (non-hydrogen) atoms. The standard InChI is InChI=1S/C21H28O6/c1-9-7-20-10(2)5-13-14(19(13,3)4)12(16(20)24)6-11(8-22)15(23)21(20)17(9)26-18(25)27-21/h6-7,10,12-15,17-18,22-23,25H,5,8H2,1-4H3/t10-,12+,13?,14?,15-,17+,18?,20+,21+/m1/s1. The SMILES string of the molecule is CC1=C[C@]23C(=O)[C@@H](C=C(CO)[C@@H](O)[C@@]24OC(O)O[C@@H]14)C1C(C[C@H]3C)C1(C)C. The summed E-state index contributed by atoms with van der Waals surface area (Å²) in [4.78, 5) is 14.1. The second-order valence-corrected chi connectivity index (χ2v) is 9.77. The molecule has 0 amide bonds. The van der Waals surface area contributed by atoms with E-state index in [1.54, 1.807) is 6.08 Å². The van der Waals surface area contributed by atoms with Gasteiger partial charge in [-0.1, -0.05) is 32.9 Å². The lowest BCUT2D eigenvalue weighted by Gasteiger charge is -2.48. The van der Waals surface area contributed by atoms with Crippen molar-refractivity contribution in [2.45, 2.75) is 58.4 Å². The van der Waals surface area contributed by atoms with E-state index < -0.39 is 29.7 Å². The van der Waals surface area contributed by atoms with Crippen LogP contribution in [0.3, 0.4) is 0 Å². The predicted octanol–water partition coefficient (Wildman–Crippen LogP) is 1.15. The van der Waals surface area contributed by atoms with Crippen LogP contribution in [0.5, 0.6) is 0 Å². The van der Waals surface area contributed by atoms with E-state index in [4.69, 9.17) is 9.47 Å². The minimum Gasteiger partial charge on any atom is -0.392 e. The second-order valence-electron chi connectivity index (χ2n) is 9.77. The molecule has 3 fully saturated rings. The van der Waals surface area contributed by atoms with Gasteiger partial charge < -0.3 is 24.8 Å². The van der Waals surface area contributed by atoms with Crippen molar-refractivity contribution in [3.63, 3.8) is 0 Å². The first-order chi connectivity index (χ1) is 12.6. The number of hydrogen-bond acceptors (Lipinski definition) is 6. The van der Waals surface area contributed by atoms with Crippen LogP contribution in [0.2, 0.25) is 0 Å². The Hall–Kier alpha value is -1.05. The van der Waals surface area contributed by atoms with Crippen LogP contribution < -0.4 is 0 Å². The first kappa shape index (κ1) is 18.0. The Labute approximate surface area is 158 Å². The quantitative estimate of drug-likeness (QED) is 0.594. The predicted molar refractivity (Wildman–Crippen MR) is 95.1 cm³/mol. The van der Waals surface area contributed by atoms with Crippen molar-refractivity contribution in [3.05, 3.63) is 23.3 Å². The van der Waals surface area contributed by atoms with Crippen molar-refractivity contribution < 1.29 is 29.6 Å². The number of Topliss-reactive ketones (excluding diaryl/α,β-unsaturated/α-hetero) is 1. The molecule has 2 spiro atoms. The summed E-state index contributed by atoms with van der Waals surface area (Å²) in [6.07, 6.45) is 2.62. The Balaban J connectivity index is 1.79. The van der Waals surface area contributed by atoms with Crippen LogP contribution in [0.25, 0.3) is 0 Å². The Morgan fingerprint density at radius 2 is 2.00 bits per heavy atom. The van der Waals surface area contributed by atoms with Crippen LogP contribution >= 0.6 is 0 Å². The van der Waals surface area contributed by atoms with E-state index >= 15 is 0 Å². The molecule has 5 aliphatic rings. The maximum atomic E-state index is 14.1. The highest BCUT2D eigenvalue weighted by molar-refractivity contribution is 5.95. The van der Waals surface area contributed by atoms with Gasteiger partial charge >= 0.3 is 0 Å². The molecule has 148 valence electrons. The molecule has 6 nitrogen and oxygen atoms in total. The summed E-state index contributed by atoms with van der Waals surface area (Å²) >= 11 is 0. The molecule has 3 N–H and O–H groups in total. The highest BCUT2D eigenvalue weighted by Gasteiger charge is 2.78. The zero-order valence-corrected chi connectivity index (χ0v) is 16.2. The number of ketones is 1. The minimum absolute atomic E-state index is 0.0233. The van der Waals surface area contributed by atoms with Crippen LogP contribution in [0.4, 0.5) is 0 Å². The van der Waals surface area contributed by atoms with Gasteiger partial charge in [0.15, 0.2) is 5.78 Å². The number of carbonyl (C=O) groups is 1. The smallest absolute Gasteiger partial charge is 0.270 e. The van der Waals surface area contributed by atoms with Crippen molar-refractivity contribution in [3.8, 4) is 0 Å². The van der Waals surface area contributed by atoms with E-state index in [0.29, 0.717) is 11.5 Å². The molecule has 0 aromatic rings. The summed E-state index contributed by atoms with van der Waals surface area (Å²) in [6, 6.07) is 0. The zero-order valence-electron chi connectivity index (χ0n) is 16.2. The lowest BCUT2D eigenvalue weighted by molar-refractivity contribution is -0.250. The Bertz CT molecular complexity index is 784. The van der Waals surface area contributed by atoms with Crippen molar-refractivity contribution >= 4 is 5.78 Å². The minimum atomic E-state index is -1.50. The van der Waals surface area contributed by atoms with Gasteiger partial charge in [0.1, 0.15) is 17.8 Å². The molecule has 6 heteroatoms. The third-order valence-electron chi connectivity index (χ3n) is 8.41. The number of aliphatic hydroxyl groups is 3. The lowest BCUT2D eigenvalue weighted by atomic mass is 9.59. The average molecular weight is 376 g/mol. The van der Waals surface area contributed by atoms with Crippen molar-refractivity contribution in [2.24, 2.45) is 34.5 Å². The van der Waals surface area contributed by atoms with Gasteiger partial charge in [0, 0.05) is 5.92 Å². The fourth-order valence-corrected chi connectivity index (χ4v) is 7.12. The van der Waals surface area contributed by atoms with E-state index in [1.807, 2.05) is 19.9 Å². The highest BCUT2D eigenvalue weighted by atomic mass is 16.8. The Morgan fingerprint density at radius 3 is 2.67 bits per heavy atom. The van der Waals surface area contributed by atoms with Gasteiger partial charge in [-0.2, -0.15) is 0 Å². The fraction of sp³-hybridized carbons (Fsp3) is 0.762. The van der Waals surface area contributed by atoms with Crippen LogP contribution in [0.15, 0.2) is 23.3 Å². The van der Waals surface area contributed by atoms with Crippen LogP contribution in [-0.2, 0) is 14.3 Å². The Morgan fingerprint density at radius 1 is 1.30 bits per heavy atom. The molecular weight excluding hydrogens is 348 g/mol. The molecule has 2 saturated carbocycles. The van der Waals surface area contributed by atoms with Gasteiger partial charge in [-0.3, -0.25) is 4.79 Å². The molecule has 1 saturated heterocycles. The van der Waals surface area contributed by atoms with E-state index in [1.165, 1.54) is 0 Å². The van der Waals surface area contributed by atoms with Crippen molar-refractivity contribution in [2.75, 3.05) is 6.61 Å². The molecule has 0 aromatic carbocycles. The number of allylic oxidation sites excluding steroid dienone is 1. The van der Waals surface area contributed by atoms with Crippen molar-refractivity contribution in [1.29, 1.82) is 0 Å². The van der Waals surface area contributed by atoms with E-state index in [9.17, 15) is 20.1 Å². The first-order valence-electron chi connectivity index (χ1n) is 9.87. The largest absolute Gasteiger partial charge is 0.392 e. The van der Waals surface area contributed by atoms with Gasteiger partial charge in [0.25, 0.3) is 6.48 Å². The third kappa shape index (κ3) is 1.78. The fourth-order valence-electron chi connectivity index (χ4n) is 7.12. The summed E-state index contributed by atoms with van der Waals surface area (Å²) in [5.74, 6) is 0.157. The van der Waals surface area contributed by atoms with E-state index in [-0.39, 0.29) is 35.6 Å². The van der Waals surface area contributed by atoms with E-state index in [2.05, 4.69) is 13.8 Å². The molecule has 9 atom stereocenters. The summed E-state index contributed by atoms with van der Waals surface area (Å²) in [5, 5.41) is 31.6. The van der Waals surface area contributed by atoms with Crippen molar-refractivity contribution in [1.82, 2.24) is 0 Å². The van der Waals surface area contributed by atoms with Crippen LogP contribution in [0, 0.1) is 34.5 Å². The number of aliphatic hydroxyl groups excluding tert-OH is 3. The molecule has 0 radical (unpaired) electrons. The molecule has 5 rings (SSSR count). The summed E-state index contributed by atoms with van der Waals surface area (Å²) < 4.78 is 11.5. The number of fused-ring (bicyclic) bond motifs is 3. The third-order valence-corrected chi connectivity index (χ3v) is 8.41. The molecule has 3 unspecified atom stereocenters. The maximum absolute atomic E-state index is 14.1. The van der Waals surface area contributed by atoms with E-state index in [0.717, 1.165) is 12.0 Å². The number of carbonyl (C=O) groups excluding carboxylic acids is 1.